The maximum atomic E-state index is 11.1. The van der Waals surface area contributed by atoms with E-state index in [0.717, 1.165) is 17.8 Å². The van der Waals surface area contributed by atoms with E-state index < -0.39 is 11.9 Å². The third-order valence-electron chi connectivity index (χ3n) is 5.18. The molecule has 4 unspecified atom stereocenters. The number of rotatable bonds is 2. The summed E-state index contributed by atoms with van der Waals surface area (Å²) in [5, 5.41) is 11.2. The van der Waals surface area contributed by atoms with Crippen molar-refractivity contribution in [3.63, 3.8) is 0 Å². The van der Waals surface area contributed by atoms with Crippen LogP contribution in [0.3, 0.4) is 0 Å². The fourth-order valence-electron chi connectivity index (χ4n) is 4.66. The van der Waals surface area contributed by atoms with Crippen molar-refractivity contribution in [2.24, 2.45) is 23.2 Å². The Labute approximate surface area is 101 Å². The first kappa shape index (κ1) is 11.1. The average molecular weight is 237 g/mol. The van der Waals surface area contributed by atoms with E-state index >= 15 is 0 Å². The number of amides is 1. The summed E-state index contributed by atoms with van der Waals surface area (Å²) >= 11 is 0. The molecule has 0 aromatic heterocycles. The second kappa shape index (κ2) is 3.72. The zero-order valence-corrected chi connectivity index (χ0v) is 9.95. The van der Waals surface area contributed by atoms with E-state index in [1.54, 1.807) is 0 Å². The van der Waals surface area contributed by atoms with E-state index in [-0.39, 0.29) is 5.41 Å². The molecule has 4 atom stereocenters. The Balaban J connectivity index is 1.67. The summed E-state index contributed by atoms with van der Waals surface area (Å²) in [6, 6.07) is 0. The van der Waals surface area contributed by atoms with E-state index in [1.807, 2.05) is 0 Å². The molecule has 0 radical (unpaired) electrons. The standard InChI is InChI=1S/C13H19NO3/c15-11(12(16)17)14-7-13-4-8-1-2-9(5-13)10(3-8)6-13/h8-10H,1-7H2,(H,14,15)(H,16,17). The van der Waals surface area contributed by atoms with Gasteiger partial charge in [0, 0.05) is 6.54 Å². The van der Waals surface area contributed by atoms with Gasteiger partial charge in [0.1, 0.15) is 0 Å². The van der Waals surface area contributed by atoms with Crippen LogP contribution in [0.25, 0.3) is 0 Å². The first-order chi connectivity index (χ1) is 8.08. The lowest BCUT2D eigenvalue weighted by Gasteiger charge is -2.39. The molecule has 2 N–H and O–H groups in total. The van der Waals surface area contributed by atoms with Crippen LogP contribution in [0, 0.1) is 23.2 Å². The highest BCUT2D eigenvalue weighted by Crippen LogP contribution is 2.61. The van der Waals surface area contributed by atoms with Crippen LogP contribution < -0.4 is 5.32 Å². The van der Waals surface area contributed by atoms with E-state index in [9.17, 15) is 9.59 Å². The van der Waals surface area contributed by atoms with Crippen LogP contribution in [0.2, 0.25) is 0 Å². The minimum atomic E-state index is -1.37. The minimum absolute atomic E-state index is 0.222. The van der Waals surface area contributed by atoms with Gasteiger partial charge in [-0.05, 0) is 55.3 Å². The SMILES string of the molecule is O=C(O)C(=O)NCC12CC3CCC(C1)C(C3)C2. The molecule has 3 aliphatic rings. The van der Waals surface area contributed by atoms with Crippen LogP contribution in [0.5, 0.6) is 0 Å². The summed E-state index contributed by atoms with van der Waals surface area (Å²) < 4.78 is 0. The molecule has 0 saturated heterocycles. The van der Waals surface area contributed by atoms with Crippen molar-refractivity contribution in [3.05, 3.63) is 0 Å². The molecule has 3 bridgehead atoms. The number of nitrogens with one attached hydrogen (secondary N) is 1. The Morgan fingerprint density at radius 2 is 1.94 bits per heavy atom. The monoisotopic (exact) mass is 237 g/mol. The fourth-order valence-corrected chi connectivity index (χ4v) is 4.66. The molecule has 0 aromatic rings. The van der Waals surface area contributed by atoms with Crippen molar-refractivity contribution in [1.82, 2.24) is 5.32 Å². The van der Waals surface area contributed by atoms with Crippen LogP contribution in [0.4, 0.5) is 0 Å². The van der Waals surface area contributed by atoms with Crippen molar-refractivity contribution >= 4 is 11.9 Å². The number of hydrogen-bond acceptors (Lipinski definition) is 2. The van der Waals surface area contributed by atoms with Gasteiger partial charge in [-0.25, -0.2) is 4.79 Å². The van der Waals surface area contributed by atoms with Gasteiger partial charge in [0.15, 0.2) is 0 Å². The first-order valence-electron chi connectivity index (χ1n) is 6.59. The lowest BCUT2D eigenvalue weighted by Crippen LogP contribution is -2.41. The summed E-state index contributed by atoms with van der Waals surface area (Å²) in [6.07, 6.45) is 7.67. The number of carboxylic acid groups (broad SMARTS) is 1. The van der Waals surface area contributed by atoms with Crippen molar-refractivity contribution in [2.75, 3.05) is 6.54 Å². The normalized spacial score (nSPS) is 42.5. The van der Waals surface area contributed by atoms with Crippen molar-refractivity contribution < 1.29 is 14.7 Å². The van der Waals surface area contributed by atoms with Gasteiger partial charge in [0.25, 0.3) is 0 Å². The van der Waals surface area contributed by atoms with Gasteiger partial charge in [-0.2, -0.15) is 0 Å². The van der Waals surface area contributed by atoms with Crippen LogP contribution in [-0.2, 0) is 9.59 Å². The predicted octanol–water partition coefficient (Wildman–Crippen LogP) is 1.40. The molecule has 17 heavy (non-hydrogen) atoms. The highest BCUT2D eigenvalue weighted by Gasteiger charge is 2.52. The average Bonchev–Trinajstić information content (AvgIpc) is 2.45. The Morgan fingerprint density at radius 1 is 1.18 bits per heavy atom. The largest absolute Gasteiger partial charge is 0.474 e. The molecule has 3 rings (SSSR count). The molecule has 3 fully saturated rings. The second-order valence-electron chi connectivity index (χ2n) is 6.30. The van der Waals surface area contributed by atoms with Crippen LogP contribution in [0.15, 0.2) is 0 Å². The zero-order chi connectivity index (χ0) is 12.0. The highest BCUT2D eigenvalue weighted by atomic mass is 16.4. The topological polar surface area (TPSA) is 66.4 Å². The van der Waals surface area contributed by atoms with E-state index in [0.29, 0.717) is 6.54 Å². The molecule has 3 saturated carbocycles. The lowest BCUT2D eigenvalue weighted by molar-refractivity contribution is -0.150. The smallest absolute Gasteiger partial charge is 0.394 e. The van der Waals surface area contributed by atoms with Gasteiger partial charge in [0.2, 0.25) is 0 Å². The third-order valence-corrected chi connectivity index (χ3v) is 5.18. The summed E-state index contributed by atoms with van der Waals surface area (Å²) in [7, 11) is 0. The Morgan fingerprint density at radius 3 is 2.71 bits per heavy atom. The number of fused-ring (bicyclic) bond motifs is 2. The van der Waals surface area contributed by atoms with Crippen molar-refractivity contribution in [2.45, 2.75) is 38.5 Å². The summed E-state index contributed by atoms with van der Waals surface area (Å²) in [5.74, 6) is 0.310. The Hall–Kier alpha value is -1.06. The molecule has 3 aliphatic carbocycles. The van der Waals surface area contributed by atoms with Crippen LogP contribution in [0.1, 0.15) is 38.5 Å². The van der Waals surface area contributed by atoms with Crippen LogP contribution in [-0.4, -0.2) is 23.5 Å². The molecular weight excluding hydrogens is 218 g/mol. The first-order valence-corrected chi connectivity index (χ1v) is 6.59. The summed E-state index contributed by atoms with van der Waals surface area (Å²) in [4.78, 5) is 21.6. The minimum Gasteiger partial charge on any atom is -0.474 e. The number of hydrogen-bond donors (Lipinski definition) is 2. The van der Waals surface area contributed by atoms with Crippen molar-refractivity contribution in [1.29, 1.82) is 0 Å². The van der Waals surface area contributed by atoms with Gasteiger partial charge in [0.05, 0.1) is 0 Å². The quantitative estimate of drug-likeness (QED) is 0.713. The van der Waals surface area contributed by atoms with Gasteiger partial charge < -0.3 is 10.4 Å². The number of carbonyl (C=O) groups is 2. The zero-order valence-electron chi connectivity index (χ0n) is 9.95. The molecule has 4 nitrogen and oxygen atoms in total. The molecule has 4 heteroatoms. The molecule has 94 valence electrons. The summed E-state index contributed by atoms with van der Waals surface area (Å²) in [5.41, 5.74) is 0.222. The predicted molar refractivity (Wildman–Crippen MR) is 61.3 cm³/mol. The van der Waals surface area contributed by atoms with E-state index in [4.69, 9.17) is 5.11 Å². The third kappa shape index (κ3) is 1.83. The van der Waals surface area contributed by atoms with Gasteiger partial charge in [-0.3, -0.25) is 4.79 Å². The Bertz CT molecular complexity index is 364. The highest BCUT2D eigenvalue weighted by molar-refractivity contribution is 6.31. The fraction of sp³-hybridized carbons (Fsp3) is 0.846. The van der Waals surface area contributed by atoms with Crippen molar-refractivity contribution in [3.8, 4) is 0 Å². The number of aliphatic carboxylic acids is 1. The second-order valence-corrected chi connectivity index (χ2v) is 6.30. The molecule has 0 aliphatic heterocycles. The number of carbonyl (C=O) groups excluding carboxylic acids is 1. The van der Waals surface area contributed by atoms with Gasteiger partial charge in [-0.1, -0.05) is 6.42 Å². The van der Waals surface area contributed by atoms with Gasteiger partial charge >= 0.3 is 11.9 Å². The van der Waals surface area contributed by atoms with Crippen LogP contribution >= 0.6 is 0 Å². The molecule has 0 aromatic carbocycles. The molecule has 1 amide bonds. The van der Waals surface area contributed by atoms with Gasteiger partial charge in [-0.15, -0.1) is 0 Å². The van der Waals surface area contributed by atoms with E-state index in [1.165, 1.54) is 38.5 Å². The molecule has 0 spiro atoms. The maximum absolute atomic E-state index is 11.1. The lowest BCUT2D eigenvalue weighted by atomic mass is 9.67. The maximum Gasteiger partial charge on any atom is 0.394 e. The Kier molecular flexibility index (Phi) is 2.42. The van der Waals surface area contributed by atoms with E-state index in [2.05, 4.69) is 5.32 Å². The summed E-state index contributed by atoms with van der Waals surface area (Å²) in [6.45, 7) is 0.571. The molecular formula is C13H19NO3. The molecule has 0 heterocycles. The number of carboxylic acids is 1.